The van der Waals surface area contributed by atoms with E-state index in [1.165, 1.54) is 50.5 Å². The third-order valence-corrected chi connectivity index (χ3v) is 4.23. The quantitative estimate of drug-likeness (QED) is 0.604. The van der Waals surface area contributed by atoms with Crippen molar-refractivity contribution in [2.75, 3.05) is 13.1 Å². The van der Waals surface area contributed by atoms with Crippen molar-refractivity contribution >= 4 is 0 Å². The van der Waals surface area contributed by atoms with E-state index in [0.717, 1.165) is 25.4 Å². The number of hydrogen-bond acceptors (Lipinski definition) is 2. The molecule has 114 valence electrons. The van der Waals surface area contributed by atoms with Crippen LogP contribution in [0.5, 0.6) is 0 Å². The fourth-order valence-electron chi connectivity index (χ4n) is 3.04. The van der Waals surface area contributed by atoms with Crippen molar-refractivity contribution in [2.24, 2.45) is 5.92 Å². The molecule has 0 aliphatic heterocycles. The molecule has 0 aromatic carbocycles. The van der Waals surface area contributed by atoms with E-state index < -0.39 is 0 Å². The van der Waals surface area contributed by atoms with Crippen LogP contribution in [0.4, 0.5) is 0 Å². The first-order valence-corrected chi connectivity index (χ1v) is 8.49. The van der Waals surface area contributed by atoms with Crippen LogP contribution >= 0.6 is 0 Å². The lowest BCUT2D eigenvalue weighted by Gasteiger charge is -2.14. The molecule has 0 atom stereocenters. The summed E-state index contributed by atoms with van der Waals surface area (Å²) in [5.41, 5.74) is 1.40. The van der Waals surface area contributed by atoms with Crippen molar-refractivity contribution in [3.8, 4) is 0 Å². The summed E-state index contributed by atoms with van der Waals surface area (Å²) < 4.78 is 2.24. The number of aryl methyl sites for hydroxylation is 1. The van der Waals surface area contributed by atoms with Crippen LogP contribution in [0.2, 0.25) is 0 Å². The lowest BCUT2D eigenvalue weighted by Crippen LogP contribution is -2.21. The van der Waals surface area contributed by atoms with Crippen LogP contribution in [0.25, 0.3) is 0 Å². The summed E-state index contributed by atoms with van der Waals surface area (Å²) in [5.74, 6) is 0.744. The molecule has 1 fully saturated rings. The largest absolute Gasteiger partial charge is 0.316 e. The highest BCUT2D eigenvalue weighted by molar-refractivity contribution is 5.04. The molecular formula is C17H31N3. The van der Waals surface area contributed by atoms with Crippen LogP contribution in [-0.4, -0.2) is 22.9 Å². The lowest BCUT2D eigenvalue weighted by molar-refractivity contribution is 0.405. The summed E-state index contributed by atoms with van der Waals surface area (Å²) >= 11 is 0. The molecule has 0 spiro atoms. The maximum atomic E-state index is 4.60. The molecule has 1 aliphatic carbocycles. The molecule has 0 unspecified atom stereocenters. The van der Waals surface area contributed by atoms with Gasteiger partial charge in [-0.1, -0.05) is 39.5 Å². The Hall–Kier alpha value is -0.830. The molecule has 20 heavy (non-hydrogen) atoms. The zero-order valence-corrected chi connectivity index (χ0v) is 13.3. The van der Waals surface area contributed by atoms with Crippen molar-refractivity contribution in [1.82, 2.24) is 15.1 Å². The van der Waals surface area contributed by atoms with E-state index in [9.17, 15) is 0 Å². The molecule has 1 aromatic rings. The minimum Gasteiger partial charge on any atom is -0.316 e. The molecule has 1 aliphatic rings. The molecule has 2 rings (SSSR count). The number of nitrogens with one attached hydrogen (secondary N) is 1. The van der Waals surface area contributed by atoms with Crippen LogP contribution in [0, 0.1) is 5.92 Å². The average molecular weight is 277 g/mol. The van der Waals surface area contributed by atoms with Gasteiger partial charge < -0.3 is 5.32 Å². The molecule has 0 radical (unpaired) electrons. The molecule has 1 aromatic heterocycles. The first kappa shape index (κ1) is 15.6. The highest BCUT2D eigenvalue weighted by Gasteiger charge is 2.14. The maximum absolute atomic E-state index is 4.60. The maximum Gasteiger partial charge on any atom is 0.0521 e. The van der Waals surface area contributed by atoms with Gasteiger partial charge >= 0.3 is 0 Å². The van der Waals surface area contributed by atoms with Crippen molar-refractivity contribution in [3.05, 3.63) is 18.0 Å². The van der Waals surface area contributed by atoms with Gasteiger partial charge in [0.25, 0.3) is 0 Å². The molecular weight excluding hydrogens is 246 g/mol. The third kappa shape index (κ3) is 5.28. The SMILES string of the molecule is CC(C)CNCCCc1cnn(C2CCCCCC2)c1. The molecule has 3 heteroatoms. The zero-order chi connectivity index (χ0) is 14.2. The Morgan fingerprint density at radius 3 is 2.70 bits per heavy atom. The van der Waals surface area contributed by atoms with Gasteiger partial charge in [0.15, 0.2) is 0 Å². The molecule has 0 saturated heterocycles. The Bertz CT molecular complexity index is 362. The second-order valence-corrected chi connectivity index (χ2v) is 6.68. The van der Waals surface area contributed by atoms with Gasteiger partial charge in [-0.25, -0.2) is 0 Å². The third-order valence-electron chi connectivity index (χ3n) is 4.23. The van der Waals surface area contributed by atoms with Crippen LogP contribution in [-0.2, 0) is 6.42 Å². The number of nitrogens with zero attached hydrogens (tertiary/aromatic N) is 2. The summed E-state index contributed by atoms with van der Waals surface area (Å²) in [6.45, 7) is 6.75. The minimum absolute atomic E-state index is 0.658. The Kier molecular flexibility index (Phi) is 6.58. The van der Waals surface area contributed by atoms with E-state index in [1.54, 1.807) is 0 Å². The fraction of sp³-hybridized carbons (Fsp3) is 0.824. The molecule has 1 saturated carbocycles. The van der Waals surface area contributed by atoms with E-state index in [0.29, 0.717) is 6.04 Å². The standard InChI is InChI=1S/C17H31N3/c1-15(2)12-18-11-7-8-16-13-19-20(14-16)17-9-5-3-4-6-10-17/h13-15,17-18H,3-12H2,1-2H3. The van der Waals surface area contributed by atoms with Crippen molar-refractivity contribution < 1.29 is 0 Å². The lowest BCUT2D eigenvalue weighted by atomic mass is 10.1. The molecule has 0 amide bonds. The van der Waals surface area contributed by atoms with E-state index in [-0.39, 0.29) is 0 Å². The van der Waals surface area contributed by atoms with Gasteiger partial charge in [0.05, 0.1) is 12.2 Å². The Balaban J connectivity index is 1.71. The van der Waals surface area contributed by atoms with Crippen molar-refractivity contribution in [2.45, 2.75) is 71.3 Å². The fourth-order valence-corrected chi connectivity index (χ4v) is 3.04. The minimum atomic E-state index is 0.658. The number of hydrogen-bond donors (Lipinski definition) is 1. The van der Waals surface area contributed by atoms with E-state index >= 15 is 0 Å². The van der Waals surface area contributed by atoms with Gasteiger partial charge in [-0.05, 0) is 50.3 Å². The summed E-state index contributed by atoms with van der Waals surface area (Å²) in [5, 5.41) is 8.11. The van der Waals surface area contributed by atoms with E-state index in [2.05, 4.69) is 41.3 Å². The Labute approximate surface area is 124 Å². The van der Waals surface area contributed by atoms with Crippen LogP contribution in [0.3, 0.4) is 0 Å². The predicted molar refractivity (Wildman–Crippen MR) is 85.0 cm³/mol. The Morgan fingerprint density at radius 1 is 1.25 bits per heavy atom. The number of aromatic nitrogens is 2. The van der Waals surface area contributed by atoms with E-state index in [4.69, 9.17) is 0 Å². The first-order chi connectivity index (χ1) is 9.75. The molecule has 1 N–H and O–H groups in total. The van der Waals surface area contributed by atoms with Crippen LogP contribution in [0.1, 0.15) is 70.4 Å². The average Bonchev–Trinajstić information content (AvgIpc) is 2.72. The smallest absolute Gasteiger partial charge is 0.0521 e. The monoisotopic (exact) mass is 277 g/mol. The summed E-state index contributed by atoms with van der Waals surface area (Å²) in [6.07, 6.45) is 14.9. The van der Waals surface area contributed by atoms with Crippen LogP contribution in [0.15, 0.2) is 12.4 Å². The van der Waals surface area contributed by atoms with Gasteiger partial charge in [-0.3, -0.25) is 4.68 Å². The molecule has 3 nitrogen and oxygen atoms in total. The van der Waals surface area contributed by atoms with Gasteiger partial charge in [0.2, 0.25) is 0 Å². The summed E-state index contributed by atoms with van der Waals surface area (Å²) in [7, 11) is 0. The Morgan fingerprint density at radius 2 is 2.00 bits per heavy atom. The second-order valence-electron chi connectivity index (χ2n) is 6.68. The zero-order valence-electron chi connectivity index (χ0n) is 13.3. The predicted octanol–water partition coefficient (Wildman–Crippen LogP) is 3.96. The van der Waals surface area contributed by atoms with Crippen molar-refractivity contribution in [3.63, 3.8) is 0 Å². The van der Waals surface area contributed by atoms with Crippen molar-refractivity contribution in [1.29, 1.82) is 0 Å². The normalized spacial score (nSPS) is 17.6. The highest BCUT2D eigenvalue weighted by Crippen LogP contribution is 2.26. The molecule has 1 heterocycles. The van der Waals surface area contributed by atoms with Crippen LogP contribution < -0.4 is 5.32 Å². The van der Waals surface area contributed by atoms with Gasteiger partial charge in [0, 0.05) is 6.20 Å². The van der Waals surface area contributed by atoms with Gasteiger partial charge in [-0.15, -0.1) is 0 Å². The summed E-state index contributed by atoms with van der Waals surface area (Å²) in [6, 6.07) is 0.658. The second kappa shape index (κ2) is 8.46. The topological polar surface area (TPSA) is 29.9 Å². The van der Waals surface area contributed by atoms with Gasteiger partial charge in [-0.2, -0.15) is 5.10 Å². The molecule has 0 bridgehead atoms. The van der Waals surface area contributed by atoms with Gasteiger partial charge in [0.1, 0.15) is 0 Å². The number of rotatable bonds is 7. The first-order valence-electron chi connectivity index (χ1n) is 8.49. The van der Waals surface area contributed by atoms with E-state index in [1.807, 2.05) is 0 Å². The summed E-state index contributed by atoms with van der Waals surface area (Å²) in [4.78, 5) is 0. The highest BCUT2D eigenvalue weighted by atomic mass is 15.3.